The molecule has 3 heterocycles. The molecule has 4 aromatic rings. The highest BCUT2D eigenvalue weighted by Gasteiger charge is 2.39. The molecule has 6 rings (SSSR count). The molecule has 22 heteroatoms. The summed E-state index contributed by atoms with van der Waals surface area (Å²) in [6, 6.07) is 10.7. The zero-order valence-corrected chi connectivity index (χ0v) is 31.5. The molecular weight excluding hydrogens is 827 g/mol. The highest BCUT2D eigenvalue weighted by Crippen LogP contribution is 2.36. The van der Waals surface area contributed by atoms with Gasteiger partial charge in [-0.3, -0.25) is 29.6 Å². The van der Waals surface area contributed by atoms with E-state index in [1.165, 1.54) is 11.3 Å². The Labute approximate surface area is 335 Å². The third kappa shape index (κ3) is 11.0. The van der Waals surface area contributed by atoms with Crippen LogP contribution in [0, 0.1) is 0 Å². The monoisotopic (exact) mass is 857 g/mol. The number of hydrazone groups is 1. The number of carbonyl (C=O) groups is 4. The predicted molar refractivity (Wildman–Crippen MR) is 203 cm³/mol. The smallest absolute Gasteiger partial charge is 0.308 e. The number of halogens is 8. The van der Waals surface area contributed by atoms with Crippen molar-refractivity contribution in [2.75, 3.05) is 48.3 Å². The van der Waals surface area contributed by atoms with Gasteiger partial charge in [-0.15, -0.1) is 23.7 Å². The number of rotatable bonds is 10. The van der Waals surface area contributed by atoms with Crippen molar-refractivity contribution in [3.63, 3.8) is 0 Å². The summed E-state index contributed by atoms with van der Waals surface area (Å²) in [5.74, 6) is -1.21. The number of urea groups is 2. The molecule has 4 N–H and O–H groups in total. The second kappa shape index (κ2) is 17.9. The van der Waals surface area contributed by atoms with Crippen molar-refractivity contribution < 1.29 is 45.5 Å². The Morgan fingerprint density at radius 2 is 1.53 bits per heavy atom. The highest BCUT2D eigenvalue weighted by atomic mass is 35.5. The van der Waals surface area contributed by atoms with E-state index in [9.17, 15) is 45.5 Å². The van der Waals surface area contributed by atoms with Crippen LogP contribution in [0.15, 0.2) is 77.2 Å². The van der Waals surface area contributed by atoms with Crippen LogP contribution in [0.5, 0.6) is 0 Å². The van der Waals surface area contributed by atoms with Gasteiger partial charge in [0.2, 0.25) is 0 Å². The number of alkyl halides is 6. The molecule has 57 heavy (non-hydrogen) atoms. The van der Waals surface area contributed by atoms with Crippen LogP contribution < -0.4 is 26.3 Å². The van der Waals surface area contributed by atoms with E-state index in [1.54, 1.807) is 24.3 Å². The Bertz CT molecular complexity index is 2130. The first-order valence-corrected chi connectivity index (χ1v) is 17.9. The van der Waals surface area contributed by atoms with Gasteiger partial charge < -0.3 is 10.6 Å². The fourth-order valence-corrected chi connectivity index (χ4v) is 6.89. The summed E-state index contributed by atoms with van der Waals surface area (Å²) in [4.78, 5) is 59.4. The first kappa shape index (κ1) is 42.9. The first-order valence-electron chi connectivity index (χ1n) is 16.6. The lowest BCUT2D eigenvalue weighted by Gasteiger charge is -2.33. The maximum Gasteiger partial charge on any atom is 0.417 e. The van der Waals surface area contributed by atoms with Gasteiger partial charge in [0.05, 0.1) is 34.6 Å². The molecule has 3 aromatic carbocycles. The van der Waals surface area contributed by atoms with Crippen molar-refractivity contribution in [2.45, 2.75) is 24.9 Å². The minimum Gasteiger partial charge on any atom is -0.308 e. The zero-order chi connectivity index (χ0) is 40.2. The summed E-state index contributed by atoms with van der Waals surface area (Å²) >= 11 is 7.17. The van der Waals surface area contributed by atoms with Crippen LogP contribution >= 0.6 is 35.3 Å². The molecule has 2 aliphatic rings. The summed E-state index contributed by atoms with van der Waals surface area (Å²) in [5, 5.41) is 13.1. The third-order valence-corrected chi connectivity index (χ3v) is 9.82. The van der Waals surface area contributed by atoms with E-state index in [2.05, 4.69) is 31.4 Å². The number of nitrogens with zero attached hydrogens (tertiary/aromatic N) is 5. The lowest BCUT2D eigenvalue weighted by atomic mass is 10.1. The SMILES string of the molecule is Cl.O=C(CN1CCN(Cc2csc(-c3ccc(NC(=O)Nc4ccc(C(F)(F)F)c(Cl)c4)cc3)n2)CC1)N/N=C/C1C(=O)NC(=O)N1c1ccc(C(F)(F)F)cc1. The molecule has 13 nitrogen and oxygen atoms in total. The number of thiazole rings is 1. The van der Waals surface area contributed by atoms with Gasteiger partial charge in [0.15, 0.2) is 6.04 Å². The van der Waals surface area contributed by atoms with E-state index in [-0.39, 0.29) is 30.3 Å². The van der Waals surface area contributed by atoms with Gasteiger partial charge in [-0.2, -0.15) is 31.4 Å². The van der Waals surface area contributed by atoms with Crippen molar-refractivity contribution >= 4 is 82.5 Å². The van der Waals surface area contributed by atoms with Crippen molar-refractivity contribution in [3.05, 3.63) is 94.0 Å². The quantitative estimate of drug-likeness (QED) is 0.0586. The Morgan fingerprint density at radius 1 is 0.895 bits per heavy atom. The average Bonchev–Trinajstić information content (AvgIpc) is 3.71. The van der Waals surface area contributed by atoms with Crippen molar-refractivity contribution in [2.24, 2.45) is 5.10 Å². The number of hydrogen-bond acceptors (Lipinski definition) is 9. The number of hydrogen-bond donors (Lipinski definition) is 4. The zero-order valence-electron chi connectivity index (χ0n) is 29.2. The van der Waals surface area contributed by atoms with Gasteiger partial charge in [0.1, 0.15) is 5.01 Å². The summed E-state index contributed by atoms with van der Waals surface area (Å²) in [6.45, 7) is 3.03. The van der Waals surface area contributed by atoms with Gasteiger partial charge >= 0.3 is 24.4 Å². The maximum atomic E-state index is 12.9. The molecule has 2 fully saturated rings. The molecule has 2 aliphatic heterocycles. The minimum absolute atomic E-state index is 0. The molecule has 1 atom stereocenters. The number of piperazine rings is 1. The molecule has 0 saturated carbocycles. The van der Waals surface area contributed by atoms with E-state index in [1.807, 2.05) is 10.3 Å². The average molecular weight is 859 g/mol. The first-order chi connectivity index (χ1) is 26.5. The van der Waals surface area contributed by atoms with Crippen LogP contribution in [0.4, 0.5) is 53.0 Å². The number of carbonyl (C=O) groups excluding carboxylic acids is 4. The predicted octanol–water partition coefficient (Wildman–Crippen LogP) is 6.91. The summed E-state index contributed by atoms with van der Waals surface area (Å²) < 4.78 is 77.7. The largest absolute Gasteiger partial charge is 0.417 e. The highest BCUT2D eigenvalue weighted by molar-refractivity contribution is 7.13. The lowest BCUT2D eigenvalue weighted by molar-refractivity contribution is -0.138. The number of imide groups is 1. The Morgan fingerprint density at radius 3 is 2.16 bits per heavy atom. The van der Waals surface area contributed by atoms with Crippen LogP contribution in [-0.2, 0) is 28.5 Å². The second-order valence-electron chi connectivity index (χ2n) is 12.5. The lowest BCUT2D eigenvalue weighted by Crippen LogP contribution is -2.48. The summed E-state index contributed by atoms with van der Waals surface area (Å²) in [7, 11) is 0. The summed E-state index contributed by atoms with van der Waals surface area (Å²) in [6.07, 6.45) is -8.15. The van der Waals surface area contributed by atoms with Crippen molar-refractivity contribution in [1.82, 2.24) is 25.5 Å². The second-order valence-corrected chi connectivity index (χ2v) is 13.8. The van der Waals surface area contributed by atoms with Crippen LogP contribution in [0.3, 0.4) is 0 Å². The Kier molecular flexibility index (Phi) is 13.4. The molecule has 1 unspecified atom stereocenters. The molecule has 0 aliphatic carbocycles. The Balaban J connectivity index is 0.00000620. The summed E-state index contributed by atoms with van der Waals surface area (Å²) in [5.41, 5.74) is 2.65. The standard InChI is InChI=1S/C35H30ClF6N9O4S.ClH/c36-27-15-23(7-10-26(27)35(40,41)42)46-32(54)45-22-5-1-20(2-6-22)31-44-24(19-56-31)17-49-11-13-50(14-12-49)18-29(52)48-43-16-28-30(53)47-33(55)51(28)25-8-3-21(4-9-25)34(37,38)39;/h1-10,15-16,19,28H,11-14,17-18H2,(H,48,52)(H2,45,46,54)(H,47,53,55);1H/b43-16+;. The molecular formula is C35H31Cl2F6N9O4S. The van der Waals surface area contributed by atoms with Crippen molar-refractivity contribution in [3.8, 4) is 10.6 Å². The van der Waals surface area contributed by atoms with Crippen LogP contribution in [0.25, 0.3) is 10.6 Å². The molecule has 0 radical (unpaired) electrons. The van der Waals surface area contributed by atoms with E-state index in [0.29, 0.717) is 38.4 Å². The van der Waals surface area contributed by atoms with Gasteiger partial charge in [-0.25, -0.2) is 20.0 Å². The third-order valence-electron chi connectivity index (χ3n) is 8.57. The van der Waals surface area contributed by atoms with E-state index >= 15 is 0 Å². The van der Waals surface area contributed by atoms with Gasteiger partial charge in [0.25, 0.3) is 11.8 Å². The van der Waals surface area contributed by atoms with E-state index < -0.39 is 58.4 Å². The number of nitrogens with one attached hydrogen (secondary N) is 4. The van der Waals surface area contributed by atoms with Gasteiger partial charge in [-0.1, -0.05) is 11.6 Å². The topological polar surface area (TPSA) is 151 Å². The minimum atomic E-state index is -4.61. The molecule has 302 valence electrons. The Hall–Kier alpha value is -5.28. The normalized spacial score (nSPS) is 16.7. The molecule has 0 bridgehead atoms. The fourth-order valence-electron chi connectivity index (χ4n) is 5.78. The van der Waals surface area contributed by atoms with E-state index in [0.717, 1.165) is 69.8 Å². The van der Waals surface area contributed by atoms with Gasteiger partial charge in [-0.05, 0) is 66.7 Å². The van der Waals surface area contributed by atoms with Crippen molar-refractivity contribution in [1.29, 1.82) is 0 Å². The van der Waals surface area contributed by atoms with Gasteiger partial charge in [0, 0.05) is 60.7 Å². The maximum absolute atomic E-state index is 12.9. The number of anilines is 3. The van der Waals surface area contributed by atoms with Crippen LogP contribution in [0.2, 0.25) is 5.02 Å². The molecule has 1 aromatic heterocycles. The van der Waals surface area contributed by atoms with Crippen LogP contribution in [0.1, 0.15) is 16.8 Å². The number of amides is 6. The molecule has 6 amide bonds. The molecule has 2 saturated heterocycles. The fraction of sp³-hybridized carbons (Fsp3) is 0.257. The van der Waals surface area contributed by atoms with Crippen LogP contribution in [-0.4, -0.2) is 83.6 Å². The number of benzene rings is 3. The number of aromatic nitrogens is 1. The molecule has 0 spiro atoms. The van der Waals surface area contributed by atoms with E-state index in [4.69, 9.17) is 16.6 Å².